The molecular weight excluding hydrogens is 498 g/mol. The number of likely N-dealkylation sites (tertiary alicyclic amines) is 1. The number of allylic oxidation sites excluding steroid dienone is 1. The van der Waals surface area contributed by atoms with Crippen LogP contribution in [0.1, 0.15) is 59.7 Å². The molecule has 1 amide bonds. The Morgan fingerprint density at radius 3 is 2.29 bits per heavy atom. The average molecular weight is 531 g/mol. The predicted octanol–water partition coefficient (Wildman–Crippen LogP) is 5.12. The molecule has 0 radical (unpaired) electrons. The minimum Gasteiger partial charge on any atom is -0.471 e. The number of carbonyl (C=O) groups is 2. The summed E-state index contributed by atoms with van der Waals surface area (Å²) in [5.74, 6) is -5.46. The highest BCUT2D eigenvalue weighted by molar-refractivity contribution is 5.83. The molecule has 2 aromatic rings. The van der Waals surface area contributed by atoms with Gasteiger partial charge in [0.25, 0.3) is 0 Å². The van der Waals surface area contributed by atoms with Gasteiger partial charge in [0.2, 0.25) is 5.88 Å². The smallest absolute Gasteiger partial charge is 0.411 e. The lowest BCUT2D eigenvalue weighted by Gasteiger charge is -2.30. The van der Waals surface area contributed by atoms with E-state index >= 15 is 0 Å². The zero-order chi connectivity index (χ0) is 28.6. The number of rotatable bonds is 5. The molecule has 1 saturated heterocycles. The van der Waals surface area contributed by atoms with Gasteiger partial charge in [0.05, 0.1) is 29.2 Å². The van der Waals surface area contributed by atoms with Gasteiger partial charge in [-0.25, -0.2) is 19.6 Å². The van der Waals surface area contributed by atoms with Gasteiger partial charge in [-0.1, -0.05) is 13.5 Å². The molecule has 1 aliphatic heterocycles. The zero-order valence-electron chi connectivity index (χ0n) is 22.5. The van der Waals surface area contributed by atoms with Gasteiger partial charge >= 0.3 is 18.0 Å². The molecule has 0 spiro atoms. The van der Waals surface area contributed by atoms with Gasteiger partial charge in [0.1, 0.15) is 23.3 Å². The fourth-order valence-electron chi connectivity index (χ4n) is 3.97. The third-order valence-corrected chi connectivity index (χ3v) is 5.67. The first-order chi connectivity index (χ1) is 17.5. The van der Waals surface area contributed by atoms with E-state index < -0.39 is 58.8 Å². The quantitative estimate of drug-likeness (QED) is 0.386. The van der Waals surface area contributed by atoms with Crippen molar-refractivity contribution < 1.29 is 32.6 Å². The lowest BCUT2D eigenvalue weighted by molar-refractivity contribution is -0.161. The summed E-state index contributed by atoms with van der Waals surface area (Å²) in [6, 6.07) is 5.12. The number of benzene rings is 1. The molecule has 1 aliphatic rings. The van der Waals surface area contributed by atoms with Crippen molar-refractivity contribution in [2.75, 3.05) is 6.54 Å². The maximum atomic E-state index is 14.9. The van der Waals surface area contributed by atoms with E-state index in [1.54, 1.807) is 48.5 Å². The van der Waals surface area contributed by atoms with Crippen LogP contribution >= 0.6 is 0 Å². The predicted molar refractivity (Wildman–Crippen MR) is 134 cm³/mol. The number of nitriles is 1. The first-order valence-corrected chi connectivity index (χ1v) is 12.1. The molecule has 3 atom stereocenters. The average Bonchev–Trinajstić information content (AvgIpc) is 3.12. The highest BCUT2D eigenvalue weighted by Gasteiger charge is 2.50. The van der Waals surface area contributed by atoms with Crippen LogP contribution in [0.15, 0.2) is 30.9 Å². The molecule has 0 saturated carbocycles. The van der Waals surface area contributed by atoms with Crippen molar-refractivity contribution in [2.24, 2.45) is 5.92 Å². The van der Waals surface area contributed by atoms with Gasteiger partial charge in [-0.3, -0.25) is 4.90 Å². The molecule has 1 aromatic heterocycles. The molecule has 2 heterocycles. The number of hydrogen-bond donors (Lipinski definition) is 0. The van der Waals surface area contributed by atoms with Crippen LogP contribution in [0.5, 0.6) is 5.88 Å². The van der Waals surface area contributed by atoms with Gasteiger partial charge in [0.15, 0.2) is 5.69 Å². The monoisotopic (exact) mass is 530 g/mol. The molecule has 1 fully saturated rings. The SMILES string of the molecule is C=CC(F)(F)c1nc2ccc(C#N)cc2nc1O[C@H]1CN(C(=O)OC(C)(C)C)[C@H](C(=O)OC(C)(C)C)[C@@H]1C. The van der Waals surface area contributed by atoms with E-state index in [0.29, 0.717) is 6.08 Å². The molecule has 11 heteroatoms. The van der Waals surface area contributed by atoms with E-state index in [1.165, 1.54) is 23.1 Å². The Hall–Kier alpha value is -3.81. The van der Waals surface area contributed by atoms with Crippen molar-refractivity contribution in [3.8, 4) is 11.9 Å². The van der Waals surface area contributed by atoms with Crippen molar-refractivity contribution in [3.63, 3.8) is 0 Å². The number of carbonyl (C=O) groups excluding carboxylic acids is 2. The van der Waals surface area contributed by atoms with Gasteiger partial charge in [-0.05, 0) is 65.8 Å². The molecule has 1 aromatic carbocycles. The number of aromatic nitrogens is 2. The summed E-state index contributed by atoms with van der Waals surface area (Å²) < 4.78 is 46.7. The summed E-state index contributed by atoms with van der Waals surface area (Å²) in [4.78, 5) is 35.7. The number of alkyl halides is 2. The molecule has 204 valence electrons. The summed E-state index contributed by atoms with van der Waals surface area (Å²) in [6.07, 6.45) is -1.29. The minimum atomic E-state index is -3.60. The van der Waals surface area contributed by atoms with Crippen LogP contribution in [0, 0.1) is 17.2 Å². The third-order valence-electron chi connectivity index (χ3n) is 5.67. The van der Waals surface area contributed by atoms with Gasteiger partial charge in [-0.2, -0.15) is 14.0 Å². The van der Waals surface area contributed by atoms with Crippen molar-refractivity contribution in [1.29, 1.82) is 5.26 Å². The number of hydrogen-bond acceptors (Lipinski definition) is 8. The maximum Gasteiger partial charge on any atom is 0.411 e. The van der Waals surface area contributed by atoms with Crippen LogP contribution in [0.4, 0.5) is 13.6 Å². The van der Waals surface area contributed by atoms with E-state index in [0.717, 1.165) is 0 Å². The molecule has 3 rings (SSSR count). The number of esters is 1. The van der Waals surface area contributed by atoms with Gasteiger partial charge < -0.3 is 14.2 Å². The molecule has 0 unspecified atom stereocenters. The lowest BCUT2D eigenvalue weighted by atomic mass is 10.00. The number of fused-ring (bicyclic) bond motifs is 1. The Labute approximate surface area is 220 Å². The summed E-state index contributed by atoms with van der Waals surface area (Å²) in [5.41, 5.74) is -1.90. The fraction of sp³-hybridized carbons (Fsp3) is 0.519. The van der Waals surface area contributed by atoms with E-state index in [1.807, 2.05) is 6.07 Å². The molecule has 9 nitrogen and oxygen atoms in total. The van der Waals surface area contributed by atoms with Crippen molar-refractivity contribution >= 4 is 23.1 Å². The Balaban J connectivity index is 2.06. The topological polar surface area (TPSA) is 115 Å². The van der Waals surface area contributed by atoms with Crippen molar-refractivity contribution in [2.45, 2.75) is 77.7 Å². The summed E-state index contributed by atoms with van der Waals surface area (Å²) in [7, 11) is 0. The second-order valence-electron chi connectivity index (χ2n) is 11.1. The normalized spacial score (nSPS) is 20.1. The number of ether oxygens (including phenoxy) is 3. The molecular formula is C27H32F2N4O5. The van der Waals surface area contributed by atoms with E-state index in [-0.39, 0.29) is 23.1 Å². The van der Waals surface area contributed by atoms with Crippen LogP contribution in [-0.4, -0.2) is 56.8 Å². The van der Waals surface area contributed by atoms with Gasteiger partial charge in [0, 0.05) is 5.92 Å². The summed E-state index contributed by atoms with van der Waals surface area (Å²) >= 11 is 0. The Bertz CT molecular complexity index is 1290. The van der Waals surface area contributed by atoms with Crippen LogP contribution in [-0.2, 0) is 20.2 Å². The zero-order valence-corrected chi connectivity index (χ0v) is 22.5. The Kier molecular flexibility index (Phi) is 7.69. The third kappa shape index (κ3) is 6.36. The van der Waals surface area contributed by atoms with Crippen LogP contribution in [0.3, 0.4) is 0 Å². The van der Waals surface area contributed by atoms with E-state index in [4.69, 9.17) is 14.2 Å². The minimum absolute atomic E-state index is 0.134. The first-order valence-electron chi connectivity index (χ1n) is 12.1. The molecule has 0 bridgehead atoms. The van der Waals surface area contributed by atoms with Gasteiger partial charge in [-0.15, -0.1) is 0 Å². The van der Waals surface area contributed by atoms with E-state index in [9.17, 15) is 23.6 Å². The van der Waals surface area contributed by atoms with Crippen LogP contribution in [0.2, 0.25) is 0 Å². The maximum absolute atomic E-state index is 14.9. The van der Waals surface area contributed by atoms with Crippen LogP contribution in [0.25, 0.3) is 11.0 Å². The fourth-order valence-corrected chi connectivity index (χ4v) is 3.97. The summed E-state index contributed by atoms with van der Waals surface area (Å²) in [5, 5.41) is 9.22. The second kappa shape index (κ2) is 10.2. The highest BCUT2D eigenvalue weighted by Crippen LogP contribution is 2.38. The largest absolute Gasteiger partial charge is 0.471 e. The first kappa shape index (κ1) is 28.8. The van der Waals surface area contributed by atoms with E-state index in [2.05, 4.69) is 16.5 Å². The number of amides is 1. The standard InChI is InChI=1S/C27H32F2N4O5/c1-9-27(28,29)21-22(32-18-12-16(13-30)10-11-17(18)31-21)36-19-14-33(24(35)38-26(6,7)8)20(15(19)2)23(34)37-25(3,4)5/h9-12,15,19-20H,1,14H2,2-8H3/t15-,19+,20+/m1/s1. The van der Waals surface area contributed by atoms with Crippen molar-refractivity contribution in [1.82, 2.24) is 14.9 Å². The summed E-state index contributed by atoms with van der Waals surface area (Å²) in [6.45, 7) is 14.8. The number of halogens is 2. The number of nitrogens with zero attached hydrogens (tertiary/aromatic N) is 4. The Morgan fingerprint density at radius 1 is 1.11 bits per heavy atom. The van der Waals surface area contributed by atoms with Crippen LogP contribution < -0.4 is 4.74 Å². The van der Waals surface area contributed by atoms with Crippen molar-refractivity contribution in [3.05, 3.63) is 42.1 Å². The molecule has 38 heavy (non-hydrogen) atoms. The highest BCUT2D eigenvalue weighted by atomic mass is 19.3. The molecule has 0 N–H and O–H groups in total. The lowest BCUT2D eigenvalue weighted by Crippen LogP contribution is -2.47. The molecule has 0 aliphatic carbocycles. The Morgan fingerprint density at radius 2 is 1.74 bits per heavy atom. The second-order valence-corrected chi connectivity index (χ2v) is 11.1.